The van der Waals surface area contributed by atoms with E-state index in [0.717, 1.165) is 18.7 Å². The summed E-state index contributed by atoms with van der Waals surface area (Å²) in [6, 6.07) is 13.1. The summed E-state index contributed by atoms with van der Waals surface area (Å²) < 4.78 is 6.24. The fourth-order valence-electron chi connectivity index (χ4n) is 2.43. The van der Waals surface area contributed by atoms with Crippen molar-refractivity contribution in [1.82, 2.24) is 5.32 Å². The van der Waals surface area contributed by atoms with E-state index >= 15 is 0 Å². The molecule has 108 valence electrons. The van der Waals surface area contributed by atoms with Crippen LogP contribution in [0, 0.1) is 0 Å². The molecule has 2 nitrogen and oxygen atoms in total. The summed E-state index contributed by atoms with van der Waals surface area (Å²) in [4.78, 5) is 0. The Kier molecular flexibility index (Phi) is 5.02. The summed E-state index contributed by atoms with van der Waals surface area (Å²) >= 11 is 0. The van der Waals surface area contributed by atoms with Gasteiger partial charge in [0.05, 0.1) is 6.10 Å². The van der Waals surface area contributed by atoms with Crippen LogP contribution in [0.2, 0.25) is 0 Å². The molecule has 2 atom stereocenters. The van der Waals surface area contributed by atoms with Gasteiger partial charge in [0.15, 0.2) is 0 Å². The molecule has 0 aliphatic heterocycles. The number of rotatable bonds is 6. The van der Waals surface area contributed by atoms with Gasteiger partial charge in [0.1, 0.15) is 5.75 Å². The third-order valence-corrected chi connectivity index (χ3v) is 3.78. The number of ether oxygens (including phenoxy) is 1. The lowest BCUT2D eigenvalue weighted by Crippen LogP contribution is -2.20. The first-order valence-electron chi connectivity index (χ1n) is 7.59. The lowest BCUT2D eigenvalue weighted by Gasteiger charge is -2.22. The van der Waals surface area contributed by atoms with Crippen LogP contribution in [0.3, 0.4) is 0 Å². The van der Waals surface area contributed by atoms with E-state index in [9.17, 15) is 0 Å². The van der Waals surface area contributed by atoms with Crippen LogP contribution in [0.1, 0.15) is 45.7 Å². The Morgan fingerprint density at radius 1 is 1.05 bits per heavy atom. The number of hydrogen-bond donors (Lipinski definition) is 1. The molecule has 0 saturated carbocycles. The van der Waals surface area contributed by atoms with Crippen molar-refractivity contribution in [3.63, 3.8) is 0 Å². The highest BCUT2D eigenvalue weighted by molar-refractivity contribution is 5.89. The topological polar surface area (TPSA) is 21.3 Å². The van der Waals surface area contributed by atoms with Gasteiger partial charge in [-0.2, -0.15) is 0 Å². The minimum absolute atomic E-state index is 0.230. The van der Waals surface area contributed by atoms with E-state index in [1.807, 2.05) is 0 Å². The third-order valence-electron chi connectivity index (χ3n) is 3.78. The molecular weight excluding hydrogens is 246 g/mol. The molecule has 0 radical (unpaired) electrons. The first-order chi connectivity index (χ1) is 9.67. The molecule has 0 bridgehead atoms. The van der Waals surface area contributed by atoms with Crippen molar-refractivity contribution in [3.8, 4) is 5.75 Å². The average molecular weight is 271 g/mol. The van der Waals surface area contributed by atoms with E-state index < -0.39 is 0 Å². The van der Waals surface area contributed by atoms with Crippen molar-refractivity contribution in [3.05, 3.63) is 42.0 Å². The maximum absolute atomic E-state index is 6.24. The zero-order chi connectivity index (χ0) is 14.5. The highest BCUT2D eigenvalue weighted by Gasteiger charge is 2.15. The fourth-order valence-corrected chi connectivity index (χ4v) is 2.43. The first-order valence-corrected chi connectivity index (χ1v) is 7.59. The van der Waals surface area contributed by atoms with E-state index in [0.29, 0.717) is 6.04 Å². The summed E-state index contributed by atoms with van der Waals surface area (Å²) in [7, 11) is 0. The molecule has 2 unspecified atom stereocenters. The predicted molar refractivity (Wildman–Crippen MR) is 86.4 cm³/mol. The van der Waals surface area contributed by atoms with Gasteiger partial charge in [-0.1, -0.05) is 50.2 Å². The van der Waals surface area contributed by atoms with Gasteiger partial charge in [-0.15, -0.1) is 0 Å². The van der Waals surface area contributed by atoms with Gasteiger partial charge in [-0.25, -0.2) is 0 Å². The molecule has 2 heteroatoms. The molecular formula is C18H25NO. The minimum Gasteiger partial charge on any atom is -0.490 e. The van der Waals surface area contributed by atoms with Crippen LogP contribution in [0.15, 0.2) is 36.4 Å². The van der Waals surface area contributed by atoms with Gasteiger partial charge in [-0.3, -0.25) is 0 Å². The maximum atomic E-state index is 6.24. The van der Waals surface area contributed by atoms with Gasteiger partial charge in [0.25, 0.3) is 0 Å². The van der Waals surface area contributed by atoms with Crippen LogP contribution in [0.5, 0.6) is 5.75 Å². The van der Waals surface area contributed by atoms with E-state index in [2.05, 4.69) is 69.4 Å². The van der Waals surface area contributed by atoms with E-state index in [1.54, 1.807) is 0 Å². The average Bonchev–Trinajstić information content (AvgIpc) is 2.47. The second-order valence-corrected chi connectivity index (χ2v) is 5.32. The van der Waals surface area contributed by atoms with E-state index in [4.69, 9.17) is 4.74 Å². The van der Waals surface area contributed by atoms with Crippen LogP contribution in [0.4, 0.5) is 0 Å². The number of benzene rings is 2. The van der Waals surface area contributed by atoms with Crippen LogP contribution in [-0.4, -0.2) is 12.6 Å². The Hall–Kier alpha value is -1.54. The van der Waals surface area contributed by atoms with Crippen LogP contribution in [0.25, 0.3) is 10.8 Å². The molecule has 0 saturated heterocycles. The molecule has 0 heterocycles. The molecule has 1 N–H and O–H groups in total. The highest BCUT2D eigenvalue weighted by atomic mass is 16.5. The molecule has 20 heavy (non-hydrogen) atoms. The normalized spacial score (nSPS) is 14.2. The summed E-state index contributed by atoms with van der Waals surface area (Å²) in [5, 5.41) is 5.92. The Balaban J connectivity index is 2.52. The van der Waals surface area contributed by atoms with E-state index in [-0.39, 0.29) is 6.10 Å². The number of fused-ring (bicyclic) bond motifs is 1. The molecule has 2 aromatic carbocycles. The largest absolute Gasteiger partial charge is 0.490 e. The van der Waals surface area contributed by atoms with Crippen molar-refractivity contribution in [2.45, 2.75) is 46.3 Å². The number of hydrogen-bond acceptors (Lipinski definition) is 2. The molecule has 2 aromatic rings. The van der Waals surface area contributed by atoms with Crippen LogP contribution in [-0.2, 0) is 0 Å². The van der Waals surface area contributed by atoms with Crippen molar-refractivity contribution in [1.29, 1.82) is 0 Å². The maximum Gasteiger partial charge on any atom is 0.132 e. The second-order valence-electron chi connectivity index (χ2n) is 5.32. The first kappa shape index (κ1) is 14.9. The lowest BCUT2D eigenvalue weighted by molar-refractivity contribution is 0.216. The number of nitrogens with one attached hydrogen (secondary N) is 1. The zero-order valence-corrected chi connectivity index (χ0v) is 12.9. The van der Waals surface area contributed by atoms with Crippen molar-refractivity contribution >= 4 is 10.8 Å². The van der Waals surface area contributed by atoms with Gasteiger partial charge in [0.2, 0.25) is 0 Å². The summed E-state index contributed by atoms with van der Waals surface area (Å²) in [6.07, 6.45) is 1.24. The summed E-state index contributed by atoms with van der Waals surface area (Å²) in [6.45, 7) is 9.56. The fraction of sp³-hybridized carbons (Fsp3) is 0.444. The predicted octanol–water partition coefficient (Wildman–Crippen LogP) is 4.69. The van der Waals surface area contributed by atoms with Gasteiger partial charge < -0.3 is 10.1 Å². The lowest BCUT2D eigenvalue weighted by atomic mass is 10.0. The molecule has 0 aliphatic rings. The Labute approximate surface area is 122 Å². The van der Waals surface area contributed by atoms with Crippen molar-refractivity contribution in [2.24, 2.45) is 0 Å². The van der Waals surface area contributed by atoms with Gasteiger partial charge >= 0.3 is 0 Å². The molecule has 0 amide bonds. The Morgan fingerprint density at radius 2 is 1.80 bits per heavy atom. The van der Waals surface area contributed by atoms with E-state index in [1.165, 1.54) is 16.3 Å². The van der Waals surface area contributed by atoms with Gasteiger partial charge in [0, 0.05) is 17.0 Å². The molecule has 0 spiro atoms. The monoisotopic (exact) mass is 271 g/mol. The second kappa shape index (κ2) is 6.76. The Morgan fingerprint density at radius 3 is 2.50 bits per heavy atom. The minimum atomic E-state index is 0.230. The standard InChI is InChI=1S/C18H25NO/c1-5-13(3)20-18-16(14(4)19-6-2)12-11-15-9-7-8-10-17(15)18/h7-14,19H,5-6H2,1-4H3. The molecule has 0 fully saturated rings. The zero-order valence-electron chi connectivity index (χ0n) is 12.9. The van der Waals surface area contributed by atoms with Crippen LogP contribution >= 0.6 is 0 Å². The van der Waals surface area contributed by atoms with Gasteiger partial charge in [-0.05, 0) is 32.2 Å². The quantitative estimate of drug-likeness (QED) is 0.823. The Bertz CT molecular complexity index is 564. The highest BCUT2D eigenvalue weighted by Crippen LogP contribution is 2.34. The third kappa shape index (κ3) is 3.13. The molecule has 2 rings (SSSR count). The summed E-state index contributed by atoms with van der Waals surface area (Å²) in [5.74, 6) is 1.03. The van der Waals surface area contributed by atoms with Crippen molar-refractivity contribution < 1.29 is 4.74 Å². The van der Waals surface area contributed by atoms with Crippen molar-refractivity contribution in [2.75, 3.05) is 6.54 Å². The SMILES string of the molecule is CCNC(C)c1ccc2ccccc2c1OC(C)CC. The smallest absolute Gasteiger partial charge is 0.132 e. The molecule has 0 aromatic heterocycles. The van der Waals surface area contributed by atoms with Crippen LogP contribution < -0.4 is 10.1 Å². The molecule has 0 aliphatic carbocycles. The summed E-state index contributed by atoms with van der Waals surface area (Å²) in [5.41, 5.74) is 1.24.